The Hall–Kier alpha value is -1.72. The van der Waals surface area contributed by atoms with E-state index in [4.69, 9.17) is 4.74 Å². The Bertz CT molecular complexity index is 492. The number of rotatable bonds is 7. The van der Waals surface area contributed by atoms with Gasteiger partial charge >= 0.3 is 0 Å². The van der Waals surface area contributed by atoms with E-state index in [2.05, 4.69) is 28.3 Å². The number of nitrogens with one attached hydrogen (secondary N) is 1. The normalized spacial score (nSPS) is 10.8. The van der Waals surface area contributed by atoms with Crippen LogP contribution in [0.1, 0.15) is 18.3 Å². The molecule has 0 amide bonds. The zero-order chi connectivity index (χ0) is 13.5. The number of methoxy groups -OCH3 is 1. The van der Waals surface area contributed by atoms with Gasteiger partial charge in [-0.15, -0.1) is 0 Å². The van der Waals surface area contributed by atoms with Crippen LogP contribution in [0.3, 0.4) is 0 Å². The third-order valence-electron chi connectivity index (χ3n) is 2.90. The Kier molecular flexibility index (Phi) is 5.06. The Morgan fingerprint density at radius 1 is 1.32 bits per heavy atom. The fraction of sp³-hybridized carbons (Fsp3) is 0.429. The van der Waals surface area contributed by atoms with E-state index >= 15 is 0 Å². The third-order valence-corrected chi connectivity index (χ3v) is 2.90. The summed E-state index contributed by atoms with van der Waals surface area (Å²) in [4.78, 5) is 8.78. The Balaban J connectivity index is 1.98. The van der Waals surface area contributed by atoms with Crippen LogP contribution >= 0.6 is 0 Å². The van der Waals surface area contributed by atoms with Gasteiger partial charge in [-0.3, -0.25) is 4.57 Å². The molecular weight excluding hydrogens is 240 g/mol. The summed E-state index contributed by atoms with van der Waals surface area (Å²) in [5.41, 5.74) is 1.16. The second-order valence-electron chi connectivity index (χ2n) is 4.26. The minimum Gasteiger partial charge on any atom is -0.383 e. The maximum atomic E-state index is 4.98. The summed E-state index contributed by atoms with van der Waals surface area (Å²) in [5, 5.41) is 3.30. The molecule has 2 aromatic heterocycles. The lowest BCUT2D eigenvalue weighted by molar-refractivity contribution is 0.199. The number of aromatic nitrogens is 3. The van der Waals surface area contributed by atoms with E-state index in [0.717, 1.165) is 43.3 Å². The number of hydrogen-bond donors (Lipinski definition) is 1. The van der Waals surface area contributed by atoms with Crippen molar-refractivity contribution in [1.29, 1.82) is 0 Å². The number of aryl methyl sites for hydroxylation is 1. The molecule has 0 aromatic carbocycles. The van der Waals surface area contributed by atoms with Gasteiger partial charge in [-0.05, 0) is 11.6 Å². The summed E-state index contributed by atoms with van der Waals surface area (Å²) in [5.74, 6) is 1.94. The highest BCUT2D eigenvalue weighted by atomic mass is 16.5. The lowest BCUT2D eigenvalue weighted by Gasteiger charge is -2.07. The van der Waals surface area contributed by atoms with Gasteiger partial charge in [0.05, 0.1) is 6.61 Å². The highest BCUT2D eigenvalue weighted by Gasteiger charge is 2.03. The smallest absolute Gasteiger partial charge is 0.137 e. The SMILES string of the molecule is CCc1nccn1-c1ccc(CNCCOC)cn1. The molecule has 2 heterocycles. The van der Waals surface area contributed by atoms with E-state index in [1.807, 2.05) is 23.0 Å². The van der Waals surface area contributed by atoms with Crippen LogP contribution in [0.2, 0.25) is 0 Å². The van der Waals surface area contributed by atoms with Crippen molar-refractivity contribution in [2.45, 2.75) is 19.9 Å². The molecule has 2 rings (SSSR count). The average Bonchev–Trinajstić information content (AvgIpc) is 2.93. The molecule has 0 aliphatic carbocycles. The van der Waals surface area contributed by atoms with Gasteiger partial charge in [0.15, 0.2) is 0 Å². The highest BCUT2D eigenvalue weighted by molar-refractivity contribution is 5.27. The summed E-state index contributed by atoms with van der Waals surface area (Å²) < 4.78 is 7.00. The van der Waals surface area contributed by atoms with E-state index in [0.29, 0.717) is 0 Å². The van der Waals surface area contributed by atoms with E-state index < -0.39 is 0 Å². The minimum atomic E-state index is 0.723. The lowest BCUT2D eigenvalue weighted by atomic mass is 10.3. The third kappa shape index (κ3) is 3.62. The van der Waals surface area contributed by atoms with Crippen molar-refractivity contribution in [3.8, 4) is 5.82 Å². The fourth-order valence-electron chi connectivity index (χ4n) is 1.88. The molecule has 0 saturated carbocycles. The molecule has 0 aliphatic rings. The maximum absolute atomic E-state index is 4.98. The predicted octanol–water partition coefficient (Wildman–Crippen LogP) is 1.57. The van der Waals surface area contributed by atoms with Crippen molar-refractivity contribution in [1.82, 2.24) is 19.9 Å². The molecule has 19 heavy (non-hydrogen) atoms. The first-order valence-corrected chi connectivity index (χ1v) is 6.52. The number of nitrogens with zero attached hydrogens (tertiary/aromatic N) is 3. The largest absolute Gasteiger partial charge is 0.383 e. The summed E-state index contributed by atoms with van der Waals surface area (Å²) in [7, 11) is 1.70. The molecule has 0 aliphatic heterocycles. The molecule has 0 unspecified atom stereocenters. The molecule has 0 bridgehead atoms. The van der Waals surface area contributed by atoms with Gasteiger partial charge in [0.1, 0.15) is 11.6 Å². The van der Waals surface area contributed by atoms with Crippen LogP contribution in [0.25, 0.3) is 5.82 Å². The minimum absolute atomic E-state index is 0.723. The van der Waals surface area contributed by atoms with Crippen molar-refractivity contribution in [2.24, 2.45) is 0 Å². The van der Waals surface area contributed by atoms with Crippen molar-refractivity contribution < 1.29 is 4.74 Å². The molecular formula is C14H20N4O. The second kappa shape index (κ2) is 7.01. The molecule has 5 heteroatoms. The van der Waals surface area contributed by atoms with Crippen LogP contribution in [-0.4, -0.2) is 34.8 Å². The summed E-state index contributed by atoms with van der Waals surface area (Å²) >= 11 is 0. The number of pyridine rings is 1. The first kappa shape index (κ1) is 13.7. The first-order valence-electron chi connectivity index (χ1n) is 6.52. The van der Waals surface area contributed by atoms with E-state index in [1.165, 1.54) is 0 Å². The van der Waals surface area contributed by atoms with Crippen molar-refractivity contribution in [3.05, 3.63) is 42.1 Å². The van der Waals surface area contributed by atoms with Crippen molar-refractivity contribution >= 4 is 0 Å². The molecule has 1 N–H and O–H groups in total. The molecule has 0 saturated heterocycles. The number of hydrogen-bond acceptors (Lipinski definition) is 4. The quantitative estimate of drug-likeness (QED) is 0.768. The summed E-state index contributed by atoms with van der Waals surface area (Å²) in [6, 6.07) is 4.11. The molecule has 0 fully saturated rings. The maximum Gasteiger partial charge on any atom is 0.137 e. The second-order valence-corrected chi connectivity index (χ2v) is 4.26. The Labute approximate surface area is 113 Å². The Morgan fingerprint density at radius 3 is 2.89 bits per heavy atom. The predicted molar refractivity (Wildman–Crippen MR) is 74.3 cm³/mol. The van der Waals surface area contributed by atoms with Gasteiger partial charge in [-0.25, -0.2) is 9.97 Å². The lowest BCUT2D eigenvalue weighted by Crippen LogP contribution is -2.18. The highest BCUT2D eigenvalue weighted by Crippen LogP contribution is 2.09. The van der Waals surface area contributed by atoms with Gasteiger partial charge in [0.25, 0.3) is 0 Å². The van der Waals surface area contributed by atoms with Crippen LogP contribution in [0, 0.1) is 0 Å². The molecule has 0 spiro atoms. The standard InChI is InChI=1S/C14H20N4O/c1-3-13-16-6-8-18(13)14-5-4-12(11-17-14)10-15-7-9-19-2/h4-6,8,11,15H,3,7,9-10H2,1-2H3. The molecule has 0 atom stereocenters. The zero-order valence-corrected chi connectivity index (χ0v) is 11.5. The molecule has 2 aromatic rings. The first-order chi connectivity index (χ1) is 9.35. The molecule has 5 nitrogen and oxygen atoms in total. The number of ether oxygens (including phenoxy) is 1. The van der Waals surface area contributed by atoms with Crippen molar-refractivity contribution in [2.75, 3.05) is 20.3 Å². The van der Waals surface area contributed by atoms with E-state index in [-0.39, 0.29) is 0 Å². The van der Waals surface area contributed by atoms with Crippen LogP contribution < -0.4 is 5.32 Å². The van der Waals surface area contributed by atoms with Gasteiger partial charge in [-0.2, -0.15) is 0 Å². The van der Waals surface area contributed by atoms with Gasteiger partial charge in [0.2, 0.25) is 0 Å². The molecule has 0 radical (unpaired) electrons. The zero-order valence-electron chi connectivity index (χ0n) is 11.5. The molecule has 102 valence electrons. The Morgan fingerprint density at radius 2 is 2.21 bits per heavy atom. The topological polar surface area (TPSA) is 52.0 Å². The number of imidazole rings is 1. The van der Waals surface area contributed by atoms with Crippen LogP contribution in [0.4, 0.5) is 0 Å². The van der Waals surface area contributed by atoms with Crippen LogP contribution in [0.5, 0.6) is 0 Å². The van der Waals surface area contributed by atoms with Crippen LogP contribution in [-0.2, 0) is 17.7 Å². The average molecular weight is 260 g/mol. The van der Waals surface area contributed by atoms with E-state index in [9.17, 15) is 0 Å². The fourth-order valence-corrected chi connectivity index (χ4v) is 1.88. The van der Waals surface area contributed by atoms with Gasteiger partial charge in [0, 0.05) is 45.2 Å². The van der Waals surface area contributed by atoms with E-state index in [1.54, 1.807) is 13.3 Å². The summed E-state index contributed by atoms with van der Waals surface area (Å²) in [6.07, 6.45) is 6.54. The van der Waals surface area contributed by atoms with Crippen LogP contribution in [0.15, 0.2) is 30.7 Å². The van der Waals surface area contributed by atoms with Gasteiger partial charge in [-0.1, -0.05) is 13.0 Å². The monoisotopic (exact) mass is 260 g/mol. The van der Waals surface area contributed by atoms with Crippen molar-refractivity contribution in [3.63, 3.8) is 0 Å². The van der Waals surface area contributed by atoms with Gasteiger partial charge < -0.3 is 10.1 Å². The summed E-state index contributed by atoms with van der Waals surface area (Å²) in [6.45, 7) is 4.47.